The Morgan fingerprint density at radius 1 is 1.33 bits per heavy atom. The van der Waals surface area contributed by atoms with Gasteiger partial charge in [-0.2, -0.15) is 8.78 Å². The third-order valence-corrected chi connectivity index (χ3v) is 0.968. The number of rotatable bonds is 0. The lowest BCUT2D eigenvalue weighted by atomic mass is 10.6. The Morgan fingerprint density at radius 3 is 2.44 bits per heavy atom. The Hall–Kier alpha value is -0.770. The van der Waals surface area contributed by atoms with E-state index in [2.05, 4.69) is 9.97 Å². The van der Waals surface area contributed by atoms with Crippen LogP contribution in [0.25, 0.3) is 0 Å². The summed E-state index contributed by atoms with van der Waals surface area (Å²) < 4.78 is 24.1. The molecule has 2 nitrogen and oxygen atoms in total. The van der Waals surface area contributed by atoms with Crippen LogP contribution in [-0.2, 0) is 0 Å². The smallest absolute Gasteiger partial charge is 0.221 e. The SMILES string of the molecule is Fc1ncnc(Cl)c1F. The summed E-state index contributed by atoms with van der Waals surface area (Å²) in [6.07, 6.45) is 0.848. The van der Waals surface area contributed by atoms with E-state index >= 15 is 0 Å². The van der Waals surface area contributed by atoms with Gasteiger partial charge in [-0.05, 0) is 0 Å². The molecule has 0 saturated carbocycles. The molecule has 0 aliphatic rings. The van der Waals surface area contributed by atoms with Gasteiger partial charge in [0.1, 0.15) is 6.33 Å². The van der Waals surface area contributed by atoms with Gasteiger partial charge in [-0.25, -0.2) is 9.97 Å². The monoisotopic (exact) mass is 150 g/mol. The fraction of sp³-hybridized carbons (Fsp3) is 0. The predicted octanol–water partition coefficient (Wildman–Crippen LogP) is 1.41. The van der Waals surface area contributed by atoms with Gasteiger partial charge in [0.15, 0.2) is 5.15 Å². The predicted molar refractivity (Wildman–Crippen MR) is 27.0 cm³/mol. The molecule has 0 unspecified atom stereocenters. The molecule has 5 heteroatoms. The average molecular weight is 151 g/mol. The third-order valence-electron chi connectivity index (χ3n) is 0.704. The van der Waals surface area contributed by atoms with Gasteiger partial charge >= 0.3 is 0 Å². The summed E-state index contributed by atoms with van der Waals surface area (Å²) in [4.78, 5) is 6.08. The Bertz CT molecular complexity index is 208. The highest BCUT2D eigenvalue weighted by molar-refractivity contribution is 6.29. The molecule has 1 heterocycles. The normalized spacial score (nSPS) is 9.67. The summed E-state index contributed by atoms with van der Waals surface area (Å²) in [5, 5.41) is -0.498. The quantitative estimate of drug-likeness (QED) is 0.523. The highest BCUT2D eigenvalue weighted by atomic mass is 35.5. The van der Waals surface area contributed by atoms with E-state index in [4.69, 9.17) is 11.6 Å². The second-order valence-corrected chi connectivity index (χ2v) is 1.63. The molecule has 0 aliphatic heterocycles. The molecule has 1 rings (SSSR count). The number of hydrogen-bond donors (Lipinski definition) is 0. The molecule has 0 radical (unpaired) electrons. The summed E-state index contributed by atoms with van der Waals surface area (Å²) in [6, 6.07) is 0. The van der Waals surface area contributed by atoms with Crippen molar-refractivity contribution in [3.8, 4) is 0 Å². The van der Waals surface area contributed by atoms with E-state index in [1.54, 1.807) is 0 Å². The molecule has 1 aromatic rings. The van der Waals surface area contributed by atoms with Crippen molar-refractivity contribution in [2.75, 3.05) is 0 Å². The fourth-order valence-corrected chi connectivity index (χ4v) is 0.450. The molecular weight excluding hydrogens is 150 g/mol. The number of nitrogens with zero attached hydrogens (tertiary/aromatic N) is 2. The van der Waals surface area contributed by atoms with Crippen molar-refractivity contribution in [2.45, 2.75) is 0 Å². The summed E-state index contributed by atoms with van der Waals surface area (Å²) >= 11 is 5.05. The van der Waals surface area contributed by atoms with Crippen LogP contribution in [0.4, 0.5) is 8.78 Å². The van der Waals surface area contributed by atoms with Crippen molar-refractivity contribution in [2.24, 2.45) is 0 Å². The summed E-state index contributed by atoms with van der Waals surface area (Å²) in [7, 11) is 0. The van der Waals surface area contributed by atoms with E-state index in [1.165, 1.54) is 0 Å². The van der Waals surface area contributed by atoms with Crippen molar-refractivity contribution < 1.29 is 8.78 Å². The molecular formula is C4HClF2N2. The Kier molecular flexibility index (Phi) is 1.57. The maximum Gasteiger partial charge on any atom is 0.253 e. The van der Waals surface area contributed by atoms with Crippen LogP contribution in [0.2, 0.25) is 5.15 Å². The lowest BCUT2D eigenvalue weighted by molar-refractivity contribution is 0.473. The van der Waals surface area contributed by atoms with Gasteiger partial charge in [-0.3, -0.25) is 0 Å². The van der Waals surface area contributed by atoms with Crippen LogP contribution in [0.3, 0.4) is 0 Å². The standard InChI is InChI=1S/C4HClF2N2/c5-3-2(6)4(7)9-1-8-3/h1H. The topological polar surface area (TPSA) is 25.8 Å². The highest BCUT2D eigenvalue weighted by Gasteiger charge is 2.06. The van der Waals surface area contributed by atoms with Crippen LogP contribution in [0.5, 0.6) is 0 Å². The van der Waals surface area contributed by atoms with Gasteiger partial charge in [-0.1, -0.05) is 11.6 Å². The number of aromatic nitrogens is 2. The minimum Gasteiger partial charge on any atom is -0.221 e. The summed E-state index contributed by atoms with van der Waals surface area (Å²) in [5.74, 6) is -2.44. The van der Waals surface area contributed by atoms with Crippen molar-refractivity contribution in [1.29, 1.82) is 0 Å². The van der Waals surface area contributed by atoms with Gasteiger partial charge in [0, 0.05) is 0 Å². The molecule has 0 saturated heterocycles. The third kappa shape index (κ3) is 1.13. The molecule has 0 spiro atoms. The summed E-state index contributed by atoms with van der Waals surface area (Å²) in [5.41, 5.74) is 0. The zero-order valence-electron chi connectivity index (χ0n) is 4.11. The first-order chi connectivity index (χ1) is 4.22. The van der Waals surface area contributed by atoms with Gasteiger partial charge < -0.3 is 0 Å². The molecule has 0 atom stereocenters. The highest BCUT2D eigenvalue weighted by Crippen LogP contribution is 2.10. The Balaban J connectivity index is 3.25. The van der Waals surface area contributed by atoms with E-state index in [-0.39, 0.29) is 0 Å². The zero-order chi connectivity index (χ0) is 6.85. The van der Waals surface area contributed by atoms with E-state index in [1.807, 2.05) is 0 Å². The van der Waals surface area contributed by atoms with E-state index in [9.17, 15) is 8.78 Å². The van der Waals surface area contributed by atoms with Crippen molar-refractivity contribution >= 4 is 11.6 Å². The number of hydrogen-bond acceptors (Lipinski definition) is 2. The van der Waals surface area contributed by atoms with E-state index in [0.717, 1.165) is 6.33 Å². The molecule has 0 aliphatic carbocycles. The molecule has 0 bridgehead atoms. The van der Waals surface area contributed by atoms with E-state index in [0.29, 0.717) is 0 Å². The van der Waals surface area contributed by atoms with E-state index < -0.39 is 16.9 Å². The Morgan fingerprint density at radius 2 is 2.00 bits per heavy atom. The minimum absolute atomic E-state index is 0.498. The van der Waals surface area contributed by atoms with Gasteiger partial charge in [-0.15, -0.1) is 0 Å². The molecule has 0 fully saturated rings. The van der Waals surface area contributed by atoms with Gasteiger partial charge in [0.05, 0.1) is 0 Å². The molecule has 9 heavy (non-hydrogen) atoms. The van der Waals surface area contributed by atoms with Crippen LogP contribution < -0.4 is 0 Å². The molecule has 48 valence electrons. The molecule has 0 aromatic carbocycles. The second-order valence-electron chi connectivity index (χ2n) is 1.27. The number of halogens is 3. The Labute approximate surface area is 54.5 Å². The second kappa shape index (κ2) is 2.23. The largest absolute Gasteiger partial charge is 0.253 e. The van der Waals surface area contributed by atoms with Crippen molar-refractivity contribution in [3.63, 3.8) is 0 Å². The van der Waals surface area contributed by atoms with Crippen LogP contribution in [0.1, 0.15) is 0 Å². The van der Waals surface area contributed by atoms with Crippen molar-refractivity contribution in [1.82, 2.24) is 9.97 Å². The zero-order valence-corrected chi connectivity index (χ0v) is 4.86. The van der Waals surface area contributed by atoms with Gasteiger partial charge in [0.2, 0.25) is 5.82 Å². The molecule has 0 N–H and O–H groups in total. The van der Waals surface area contributed by atoms with Crippen LogP contribution in [-0.4, -0.2) is 9.97 Å². The molecule has 1 aromatic heterocycles. The maximum atomic E-state index is 12.1. The fourth-order valence-electron chi connectivity index (χ4n) is 0.329. The molecule has 0 amide bonds. The lowest BCUT2D eigenvalue weighted by Gasteiger charge is -1.89. The van der Waals surface area contributed by atoms with Gasteiger partial charge in [0.25, 0.3) is 5.95 Å². The van der Waals surface area contributed by atoms with Crippen LogP contribution >= 0.6 is 11.6 Å². The first-order valence-electron chi connectivity index (χ1n) is 2.03. The average Bonchev–Trinajstić information content (AvgIpc) is 1.83. The first kappa shape index (κ1) is 6.35. The lowest BCUT2D eigenvalue weighted by Crippen LogP contribution is -1.91. The van der Waals surface area contributed by atoms with Crippen LogP contribution in [0, 0.1) is 11.8 Å². The van der Waals surface area contributed by atoms with Crippen molar-refractivity contribution in [3.05, 3.63) is 23.2 Å². The summed E-state index contributed by atoms with van der Waals surface area (Å²) in [6.45, 7) is 0. The first-order valence-corrected chi connectivity index (χ1v) is 2.41. The minimum atomic E-state index is -1.23. The van der Waals surface area contributed by atoms with Crippen LogP contribution in [0.15, 0.2) is 6.33 Å². The maximum absolute atomic E-state index is 12.1.